The number of pyridine rings is 1. The molecule has 1 N–H and O–H groups in total. The van der Waals surface area contributed by atoms with Crippen molar-refractivity contribution < 1.29 is 14.3 Å². The van der Waals surface area contributed by atoms with E-state index in [1.807, 2.05) is 0 Å². The molecular formula is C14H6Cl2FNO2S. The molecule has 0 aliphatic heterocycles. The molecule has 0 unspecified atom stereocenters. The van der Waals surface area contributed by atoms with Gasteiger partial charge in [0, 0.05) is 10.4 Å². The largest absolute Gasteiger partial charge is 0.478 e. The lowest BCUT2D eigenvalue weighted by atomic mass is 10.1. The maximum atomic E-state index is 14.0. The number of rotatable bonds is 2. The summed E-state index contributed by atoms with van der Waals surface area (Å²) in [7, 11) is 0. The molecule has 0 saturated carbocycles. The minimum Gasteiger partial charge on any atom is -0.478 e. The molecule has 2 aromatic heterocycles. The average Bonchev–Trinajstić information content (AvgIpc) is 2.84. The molecule has 0 radical (unpaired) electrons. The number of benzene rings is 1. The zero-order valence-electron chi connectivity index (χ0n) is 10.2. The third-order valence-corrected chi connectivity index (χ3v) is 4.36. The second-order valence-electron chi connectivity index (χ2n) is 4.25. The molecule has 21 heavy (non-hydrogen) atoms. The van der Waals surface area contributed by atoms with Crippen molar-refractivity contribution in [3.63, 3.8) is 0 Å². The Bertz CT molecular complexity index is 879. The Balaban J connectivity index is 2.37. The number of nitrogens with zero attached hydrogens (tertiary/aromatic N) is 1. The highest BCUT2D eigenvalue weighted by molar-refractivity contribution is 7.19. The quantitative estimate of drug-likeness (QED) is 0.704. The zero-order valence-corrected chi connectivity index (χ0v) is 12.6. The van der Waals surface area contributed by atoms with E-state index in [9.17, 15) is 14.3 Å². The van der Waals surface area contributed by atoms with E-state index in [-0.39, 0.29) is 21.5 Å². The van der Waals surface area contributed by atoms with Gasteiger partial charge in [-0.05, 0) is 30.3 Å². The molecule has 3 nitrogen and oxygen atoms in total. The maximum absolute atomic E-state index is 14.0. The third-order valence-electron chi connectivity index (χ3n) is 2.89. The van der Waals surface area contributed by atoms with E-state index in [0.29, 0.717) is 14.9 Å². The topological polar surface area (TPSA) is 50.2 Å². The third kappa shape index (κ3) is 2.60. The maximum Gasteiger partial charge on any atom is 0.336 e. The zero-order chi connectivity index (χ0) is 15.1. The van der Waals surface area contributed by atoms with Crippen LogP contribution in [0.15, 0.2) is 30.3 Å². The number of carboxylic acids is 1. The van der Waals surface area contributed by atoms with Crippen LogP contribution in [0.2, 0.25) is 9.36 Å². The summed E-state index contributed by atoms with van der Waals surface area (Å²) < 4.78 is 14.6. The molecule has 3 aromatic rings. The summed E-state index contributed by atoms with van der Waals surface area (Å²) in [5.41, 5.74) is 0.276. The fourth-order valence-electron chi connectivity index (χ4n) is 2.01. The van der Waals surface area contributed by atoms with Crippen LogP contribution in [-0.4, -0.2) is 16.1 Å². The molecule has 0 saturated heterocycles. The first-order valence-corrected chi connectivity index (χ1v) is 7.32. The van der Waals surface area contributed by atoms with Crippen LogP contribution in [0, 0.1) is 5.82 Å². The van der Waals surface area contributed by atoms with Gasteiger partial charge in [0.25, 0.3) is 0 Å². The number of hydrogen-bond donors (Lipinski definition) is 1. The summed E-state index contributed by atoms with van der Waals surface area (Å²) in [6, 6.07) is 7.27. The number of halogens is 3. The van der Waals surface area contributed by atoms with Crippen molar-refractivity contribution in [3.8, 4) is 10.6 Å². The molecule has 7 heteroatoms. The Hall–Kier alpha value is -1.69. The molecule has 0 aliphatic carbocycles. The summed E-state index contributed by atoms with van der Waals surface area (Å²) in [5, 5.41) is 9.61. The van der Waals surface area contributed by atoms with E-state index in [4.69, 9.17) is 23.2 Å². The predicted molar refractivity (Wildman–Crippen MR) is 82.0 cm³/mol. The molecule has 0 bridgehead atoms. The van der Waals surface area contributed by atoms with Crippen LogP contribution in [0.3, 0.4) is 0 Å². The van der Waals surface area contributed by atoms with Gasteiger partial charge in [-0.15, -0.1) is 11.3 Å². The van der Waals surface area contributed by atoms with E-state index in [1.54, 1.807) is 12.1 Å². The van der Waals surface area contributed by atoms with Crippen LogP contribution in [0.1, 0.15) is 10.4 Å². The van der Waals surface area contributed by atoms with Crippen LogP contribution in [0.4, 0.5) is 4.39 Å². The van der Waals surface area contributed by atoms with E-state index < -0.39 is 11.8 Å². The molecule has 3 rings (SSSR count). The van der Waals surface area contributed by atoms with Crippen molar-refractivity contribution >= 4 is 51.4 Å². The molecule has 106 valence electrons. The monoisotopic (exact) mass is 341 g/mol. The Morgan fingerprint density at radius 1 is 1.24 bits per heavy atom. The summed E-state index contributed by atoms with van der Waals surface area (Å²) in [4.78, 5) is 16.3. The van der Waals surface area contributed by atoms with E-state index in [0.717, 1.165) is 6.07 Å². The highest BCUT2D eigenvalue weighted by atomic mass is 35.5. The van der Waals surface area contributed by atoms with Crippen LogP contribution in [-0.2, 0) is 0 Å². The van der Waals surface area contributed by atoms with Gasteiger partial charge < -0.3 is 5.11 Å². The van der Waals surface area contributed by atoms with Gasteiger partial charge in [-0.3, -0.25) is 0 Å². The number of aromatic nitrogens is 1. The van der Waals surface area contributed by atoms with Gasteiger partial charge >= 0.3 is 5.97 Å². The normalized spacial score (nSPS) is 11.0. The Morgan fingerprint density at radius 2 is 2.00 bits per heavy atom. The van der Waals surface area contributed by atoms with E-state index in [2.05, 4.69) is 4.98 Å². The molecule has 0 spiro atoms. The highest BCUT2D eigenvalue weighted by Gasteiger charge is 2.17. The SMILES string of the molecule is O=C(O)c1cc(-c2ccc(Cl)s2)nc2c(F)cc(Cl)cc12. The van der Waals surface area contributed by atoms with Crippen LogP contribution in [0.5, 0.6) is 0 Å². The molecule has 0 amide bonds. The number of fused-ring (bicyclic) bond motifs is 1. The van der Waals surface area contributed by atoms with Crippen LogP contribution < -0.4 is 0 Å². The van der Waals surface area contributed by atoms with Gasteiger partial charge in [0.05, 0.1) is 20.5 Å². The minimum absolute atomic E-state index is 0.0289. The molecule has 0 fully saturated rings. The summed E-state index contributed by atoms with van der Waals surface area (Å²) in [6.07, 6.45) is 0. The predicted octanol–water partition coefficient (Wildman–Crippen LogP) is 5.11. The first-order valence-electron chi connectivity index (χ1n) is 5.74. The molecular weight excluding hydrogens is 336 g/mol. The number of carbonyl (C=O) groups is 1. The Kier molecular flexibility index (Phi) is 3.57. The Labute approximate surface area is 132 Å². The van der Waals surface area contributed by atoms with Crippen LogP contribution >= 0.6 is 34.5 Å². The molecule has 0 atom stereocenters. The standard InChI is InChI=1S/C14H6Cl2FNO2S/c15-6-3-7-8(14(19)20)5-10(11-1-2-12(16)21-11)18-13(7)9(17)4-6/h1-5H,(H,19,20). The van der Waals surface area contributed by atoms with Crippen molar-refractivity contribution in [2.45, 2.75) is 0 Å². The lowest BCUT2D eigenvalue weighted by Crippen LogP contribution is -2.01. The molecule has 1 aromatic carbocycles. The summed E-state index contributed by atoms with van der Waals surface area (Å²) in [6.45, 7) is 0. The van der Waals surface area contributed by atoms with Crippen molar-refractivity contribution in [1.29, 1.82) is 0 Å². The van der Waals surface area contributed by atoms with Gasteiger partial charge in [-0.25, -0.2) is 14.2 Å². The molecule has 0 aliphatic rings. The van der Waals surface area contributed by atoms with Crippen molar-refractivity contribution in [3.05, 3.63) is 51.1 Å². The van der Waals surface area contributed by atoms with Gasteiger partial charge in [0.1, 0.15) is 5.52 Å². The molecule has 2 heterocycles. The second kappa shape index (κ2) is 5.26. The second-order valence-corrected chi connectivity index (χ2v) is 6.40. The fraction of sp³-hybridized carbons (Fsp3) is 0. The fourth-order valence-corrected chi connectivity index (χ4v) is 3.22. The number of aromatic carboxylic acids is 1. The summed E-state index contributed by atoms with van der Waals surface area (Å²) in [5.74, 6) is -1.84. The smallest absolute Gasteiger partial charge is 0.336 e. The first kappa shape index (κ1) is 14.3. The van der Waals surface area contributed by atoms with Crippen LogP contribution in [0.25, 0.3) is 21.5 Å². The Morgan fingerprint density at radius 3 is 2.62 bits per heavy atom. The number of thiophene rings is 1. The van der Waals surface area contributed by atoms with E-state index >= 15 is 0 Å². The average molecular weight is 342 g/mol. The lowest BCUT2D eigenvalue weighted by molar-refractivity contribution is 0.0699. The van der Waals surface area contributed by atoms with Crippen molar-refractivity contribution in [1.82, 2.24) is 4.98 Å². The minimum atomic E-state index is -1.17. The van der Waals surface area contributed by atoms with Crippen molar-refractivity contribution in [2.24, 2.45) is 0 Å². The van der Waals surface area contributed by atoms with Gasteiger partial charge in [-0.2, -0.15) is 0 Å². The summed E-state index contributed by atoms with van der Waals surface area (Å²) >= 11 is 12.9. The van der Waals surface area contributed by atoms with E-state index in [1.165, 1.54) is 23.5 Å². The van der Waals surface area contributed by atoms with Crippen molar-refractivity contribution in [2.75, 3.05) is 0 Å². The number of hydrogen-bond acceptors (Lipinski definition) is 3. The van der Waals surface area contributed by atoms with Gasteiger partial charge in [0.15, 0.2) is 5.82 Å². The van der Waals surface area contributed by atoms with Gasteiger partial charge in [0.2, 0.25) is 0 Å². The number of carboxylic acid groups (broad SMARTS) is 1. The lowest BCUT2D eigenvalue weighted by Gasteiger charge is -2.07. The van der Waals surface area contributed by atoms with Gasteiger partial charge in [-0.1, -0.05) is 23.2 Å². The highest BCUT2D eigenvalue weighted by Crippen LogP contribution is 2.33. The first-order chi connectivity index (χ1) is 9.95.